The van der Waals surface area contributed by atoms with Gasteiger partial charge in [0.05, 0.1) is 0 Å². The lowest BCUT2D eigenvalue weighted by Gasteiger charge is -2.08. The van der Waals surface area contributed by atoms with Gasteiger partial charge in [-0.05, 0) is 42.2 Å². The fraction of sp³-hybridized carbons (Fsp3) is 0.250. The third-order valence-corrected chi connectivity index (χ3v) is 3.63. The molecule has 0 bridgehead atoms. The zero-order chi connectivity index (χ0) is 15.8. The molecule has 0 unspecified atom stereocenters. The number of unbranched alkanes of at least 4 members (excludes halogenated alkanes) is 2. The highest BCUT2D eigenvalue weighted by atomic mass is 19.1. The van der Waals surface area contributed by atoms with Crippen molar-refractivity contribution in [2.75, 3.05) is 0 Å². The smallest absolute Gasteiger partial charge is 0.186 e. The molecule has 2 heteroatoms. The summed E-state index contributed by atoms with van der Waals surface area (Å²) in [4.78, 5) is 12.4. The summed E-state index contributed by atoms with van der Waals surface area (Å²) in [6, 6.07) is 15.6. The van der Waals surface area contributed by atoms with Crippen molar-refractivity contribution >= 4 is 11.4 Å². The minimum atomic E-state index is -0.258. The lowest BCUT2D eigenvalue weighted by molar-refractivity contribution is 0.104. The van der Waals surface area contributed by atoms with Gasteiger partial charge in [0.25, 0.3) is 0 Å². The van der Waals surface area contributed by atoms with Gasteiger partial charge in [0.1, 0.15) is 5.82 Å². The Kier molecular flexibility index (Phi) is 6.08. The Labute approximate surface area is 131 Å². The molecule has 0 fully saturated rings. The summed E-state index contributed by atoms with van der Waals surface area (Å²) in [6.45, 7) is 2.15. The van der Waals surface area contributed by atoms with E-state index >= 15 is 0 Å². The number of hydrogen-bond acceptors (Lipinski definition) is 1. The van der Waals surface area contributed by atoms with Gasteiger partial charge in [-0.25, -0.2) is 4.39 Å². The van der Waals surface area contributed by atoms with Crippen LogP contribution in [0.15, 0.2) is 60.7 Å². The number of carbonyl (C=O) groups is 1. The van der Waals surface area contributed by atoms with Crippen LogP contribution in [-0.2, 0) is 0 Å². The third-order valence-electron chi connectivity index (χ3n) is 3.63. The van der Waals surface area contributed by atoms with Crippen LogP contribution >= 0.6 is 0 Å². The van der Waals surface area contributed by atoms with Crippen LogP contribution < -0.4 is 0 Å². The van der Waals surface area contributed by atoms with Gasteiger partial charge < -0.3 is 0 Å². The Hall–Kier alpha value is -2.22. The first-order valence-corrected chi connectivity index (χ1v) is 7.76. The van der Waals surface area contributed by atoms with E-state index in [1.54, 1.807) is 18.2 Å². The molecule has 0 spiro atoms. The molecule has 0 aliphatic carbocycles. The van der Waals surface area contributed by atoms with E-state index in [4.69, 9.17) is 0 Å². The molecule has 0 aliphatic heterocycles. The second kappa shape index (κ2) is 8.28. The maximum atomic E-state index is 13.1. The van der Waals surface area contributed by atoms with Crippen LogP contribution in [0.2, 0.25) is 0 Å². The van der Waals surface area contributed by atoms with E-state index in [-0.39, 0.29) is 11.6 Å². The van der Waals surface area contributed by atoms with E-state index in [9.17, 15) is 9.18 Å². The number of benzene rings is 2. The third kappa shape index (κ3) is 4.66. The van der Waals surface area contributed by atoms with Gasteiger partial charge >= 0.3 is 0 Å². The van der Waals surface area contributed by atoms with Gasteiger partial charge in [-0.15, -0.1) is 0 Å². The predicted molar refractivity (Wildman–Crippen MR) is 89.3 cm³/mol. The molecule has 2 aromatic carbocycles. The SMILES string of the molecule is CCCCCC(=CC(=O)c1ccccc1)c1ccc(F)cc1. The Balaban J connectivity index is 2.25. The maximum Gasteiger partial charge on any atom is 0.186 e. The largest absolute Gasteiger partial charge is 0.289 e. The average molecular weight is 296 g/mol. The molecule has 0 atom stereocenters. The van der Waals surface area contributed by atoms with Gasteiger partial charge in [0.2, 0.25) is 0 Å². The Morgan fingerprint density at radius 1 is 0.955 bits per heavy atom. The molecule has 1 nitrogen and oxygen atoms in total. The lowest BCUT2D eigenvalue weighted by atomic mass is 9.97. The van der Waals surface area contributed by atoms with Gasteiger partial charge in [-0.3, -0.25) is 4.79 Å². The first-order valence-electron chi connectivity index (χ1n) is 7.76. The fourth-order valence-corrected chi connectivity index (χ4v) is 2.37. The van der Waals surface area contributed by atoms with E-state index in [1.807, 2.05) is 30.3 Å². The monoisotopic (exact) mass is 296 g/mol. The van der Waals surface area contributed by atoms with Crippen LogP contribution in [0, 0.1) is 5.82 Å². The van der Waals surface area contributed by atoms with E-state index in [0.29, 0.717) is 5.56 Å². The standard InChI is InChI=1S/C20H21FO/c1-2-3-5-10-18(16-11-13-19(21)14-12-16)15-20(22)17-8-6-4-7-9-17/h4,6-9,11-15H,2-3,5,10H2,1H3. The summed E-state index contributed by atoms with van der Waals surface area (Å²) in [7, 11) is 0. The molecule has 0 heterocycles. The van der Waals surface area contributed by atoms with Crippen LogP contribution in [0.1, 0.15) is 48.5 Å². The quantitative estimate of drug-likeness (QED) is 0.365. The van der Waals surface area contributed by atoms with Crippen LogP contribution in [0.5, 0.6) is 0 Å². The fourth-order valence-electron chi connectivity index (χ4n) is 2.37. The van der Waals surface area contributed by atoms with Crippen molar-refractivity contribution in [3.05, 3.63) is 77.6 Å². The zero-order valence-electron chi connectivity index (χ0n) is 12.9. The molecule has 114 valence electrons. The summed E-state index contributed by atoms with van der Waals surface area (Å²) in [6.07, 6.45) is 5.81. The topological polar surface area (TPSA) is 17.1 Å². The molecule has 0 saturated carbocycles. The minimum absolute atomic E-state index is 0.00331. The maximum absolute atomic E-state index is 13.1. The number of halogens is 1. The molecular formula is C20H21FO. The second-order valence-electron chi connectivity index (χ2n) is 5.36. The Bertz CT molecular complexity index is 627. The van der Waals surface area contributed by atoms with E-state index in [1.165, 1.54) is 12.1 Å². The highest BCUT2D eigenvalue weighted by molar-refractivity contribution is 6.08. The highest BCUT2D eigenvalue weighted by Crippen LogP contribution is 2.22. The molecule has 0 radical (unpaired) electrons. The van der Waals surface area contributed by atoms with Crippen LogP contribution in [0.4, 0.5) is 4.39 Å². The van der Waals surface area contributed by atoms with Crippen molar-refractivity contribution in [1.82, 2.24) is 0 Å². The molecule has 0 saturated heterocycles. The molecule has 0 aliphatic rings. The average Bonchev–Trinajstić information content (AvgIpc) is 2.55. The predicted octanol–water partition coefficient (Wildman–Crippen LogP) is 5.67. The van der Waals surface area contributed by atoms with Crippen molar-refractivity contribution < 1.29 is 9.18 Å². The molecule has 0 aromatic heterocycles. The Morgan fingerprint density at radius 2 is 1.64 bits per heavy atom. The van der Waals surface area contributed by atoms with Crippen LogP contribution in [-0.4, -0.2) is 5.78 Å². The minimum Gasteiger partial charge on any atom is -0.289 e. The molecule has 2 aromatic rings. The van der Waals surface area contributed by atoms with Crippen molar-refractivity contribution in [2.24, 2.45) is 0 Å². The van der Waals surface area contributed by atoms with Gasteiger partial charge in [0.15, 0.2) is 5.78 Å². The molecule has 0 N–H and O–H groups in total. The van der Waals surface area contributed by atoms with Crippen molar-refractivity contribution in [3.63, 3.8) is 0 Å². The summed E-state index contributed by atoms with van der Waals surface area (Å²) in [5.41, 5.74) is 2.57. The summed E-state index contributed by atoms with van der Waals surface area (Å²) < 4.78 is 13.1. The van der Waals surface area contributed by atoms with Gasteiger partial charge in [-0.2, -0.15) is 0 Å². The second-order valence-corrected chi connectivity index (χ2v) is 5.36. The highest BCUT2D eigenvalue weighted by Gasteiger charge is 2.07. The van der Waals surface area contributed by atoms with Crippen LogP contribution in [0.25, 0.3) is 5.57 Å². The number of rotatable bonds is 7. The summed E-state index contributed by atoms with van der Waals surface area (Å²) >= 11 is 0. The number of ketones is 1. The van der Waals surface area contributed by atoms with Gasteiger partial charge in [0, 0.05) is 5.56 Å². The Morgan fingerprint density at radius 3 is 2.27 bits per heavy atom. The van der Waals surface area contributed by atoms with Crippen molar-refractivity contribution in [3.8, 4) is 0 Å². The van der Waals surface area contributed by atoms with Crippen molar-refractivity contribution in [2.45, 2.75) is 32.6 Å². The molecule has 0 amide bonds. The van der Waals surface area contributed by atoms with Crippen LogP contribution in [0.3, 0.4) is 0 Å². The van der Waals surface area contributed by atoms with E-state index in [2.05, 4.69) is 6.92 Å². The van der Waals surface area contributed by atoms with E-state index in [0.717, 1.165) is 36.8 Å². The lowest BCUT2D eigenvalue weighted by Crippen LogP contribution is -1.97. The van der Waals surface area contributed by atoms with Gasteiger partial charge in [-0.1, -0.05) is 62.2 Å². The summed E-state index contributed by atoms with van der Waals surface area (Å²) in [5, 5.41) is 0. The first kappa shape index (κ1) is 16.2. The number of hydrogen-bond donors (Lipinski definition) is 0. The number of carbonyl (C=O) groups excluding carboxylic acids is 1. The van der Waals surface area contributed by atoms with E-state index < -0.39 is 0 Å². The number of allylic oxidation sites excluding steroid dienone is 2. The molecule has 2 rings (SSSR count). The first-order chi connectivity index (χ1) is 10.7. The normalized spacial score (nSPS) is 11.5. The molecule has 22 heavy (non-hydrogen) atoms. The zero-order valence-corrected chi connectivity index (χ0v) is 12.9. The van der Waals surface area contributed by atoms with Crippen molar-refractivity contribution in [1.29, 1.82) is 0 Å². The molecular weight excluding hydrogens is 275 g/mol. The summed E-state index contributed by atoms with van der Waals surface area (Å²) in [5.74, 6) is -0.262.